The Kier molecular flexibility index (Phi) is 15.8. The summed E-state index contributed by atoms with van der Waals surface area (Å²) >= 11 is 0. The largest absolute Gasteiger partial charge is 0.481 e. The van der Waals surface area contributed by atoms with E-state index in [4.69, 9.17) is 15.9 Å². The number of carbonyl (C=O) groups is 5. The summed E-state index contributed by atoms with van der Waals surface area (Å²) < 4.78 is 0. The maximum absolute atomic E-state index is 12.2. The number of hydrogen-bond donors (Lipinski definition) is 8. The number of urea groups is 1. The first-order valence-electron chi connectivity index (χ1n) is 14.7. The number of nitrogens with one attached hydrogen (secondary N) is 4. The number of allylic oxidation sites excluding steroid dienone is 3. The number of benzene rings is 1. The summed E-state index contributed by atoms with van der Waals surface area (Å²) in [7, 11) is 0. The molecule has 0 saturated carbocycles. The molecule has 1 aromatic carbocycles. The summed E-state index contributed by atoms with van der Waals surface area (Å²) in [4.78, 5) is 57.7. The van der Waals surface area contributed by atoms with Crippen molar-refractivity contribution in [3.8, 4) is 0 Å². The van der Waals surface area contributed by atoms with Crippen LogP contribution in [-0.2, 0) is 25.6 Å². The normalized spacial score (nSPS) is 15.9. The van der Waals surface area contributed by atoms with Crippen LogP contribution in [0.4, 0.5) is 4.79 Å². The van der Waals surface area contributed by atoms with Gasteiger partial charge in [0, 0.05) is 31.8 Å². The Labute approximate surface area is 256 Å². The first kappa shape index (κ1) is 35.5. The van der Waals surface area contributed by atoms with Crippen LogP contribution in [0.25, 0.3) is 0 Å². The van der Waals surface area contributed by atoms with Gasteiger partial charge in [-0.05, 0) is 74.0 Å². The van der Waals surface area contributed by atoms with Crippen LogP contribution in [0.2, 0.25) is 0 Å². The predicted molar refractivity (Wildman–Crippen MR) is 164 cm³/mol. The molecule has 13 heteroatoms. The molecule has 9 N–H and O–H groups in total. The molecule has 0 spiro atoms. The molecule has 44 heavy (non-hydrogen) atoms. The molecule has 1 aliphatic carbocycles. The standard InChI is InChI=1S/C31H43N5O8/c32-16-4-3-7-21(19-23-11-10-22-8-1-2-9-24(22)23)20-33-17-5-6-18-34-27(37)14-12-25(29(40)41)35-31(44)36-26(30(42)43)13-15-28(38)39/h1-4,7-9,16,19,23,25-26,33H,5-6,10-15,17-18,20,32H2,(H,34,37)(H,38,39)(H,40,41)(H,42,43)(H2,35,36,44)/b7-3-,16-4-,21-19-/t23-,25+,26+/m1/s1. The van der Waals surface area contributed by atoms with E-state index >= 15 is 0 Å². The van der Waals surface area contributed by atoms with Gasteiger partial charge in [0.2, 0.25) is 5.91 Å². The van der Waals surface area contributed by atoms with E-state index in [1.54, 1.807) is 6.08 Å². The van der Waals surface area contributed by atoms with Crippen molar-refractivity contribution in [2.75, 3.05) is 19.6 Å². The van der Waals surface area contributed by atoms with Crippen LogP contribution >= 0.6 is 0 Å². The highest BCUT2D eigenvalue weighted by Gasteiger charge is 2.25. The minimum absolute atomic E-state index is 0.168. The molecule has 2 rings (SSSR count). The zero-order valence-electron chi connectivity index (χ0n) is 24.7. The monoisotopic (exact) mass is 613 g/mol. The third-order valence-electron chi connectivity index (χ3n) is 7.07. The average Bonchev–Trinajstić information content (AvgIpc) is 3.39. The van der Waals surface area contributed by atoms with E-state index < -0.39 is 42.4 Å². The molecule has 0 aliphatic heterocycles. The van der Waals surface area contributed by atoms with E-state index in [1.807, 2.05) is 17.5 Å². The van der Waals surface area contributed by atoms with Crippen molar-refractivity contribution >= 4 is 29.8 Å². The molecule has 0 bridgehead atoms. The van der Waals surface area contributed by atoms with Crippen molar-refractivity contribution in [2.45, 2.75) is 69.4 Å². The van der Waals surface area contributed by atoms with Crippen LogP contribution < -0.4 is 27.0 Å². The Balaban J connectivity index is 1.69. The lowest BCUT2D eigenvalue weighted by atomic mass is 9.98. The van der Waals surface area contributed by atoms with E-state index in [0.717, 1.165) is 31.4 Å². The fourth-order valence-electron chi connectivity index (χ4n) is 4.78. The molecule has 0 aromatic heterocycles. The first-order valence-corrected chi connectivity index (χ1v) is 14.7. The molecule has 1 aromatic rings. The molecule has 0 unspecified atom stereocenters. The summed E-state index contributed by atoms with van der Waals surface area (Å²) in [5, 5.41) is 37.6. The third kappa shape index (κ3) is 13.6. The quantitative estimate of drug-likeness (QED) is 0.0789. The number of aryl methyl sites for hydroxylation is 1. The number of hydrogen-bond acceptors (Lipinski definition) is 7. The van der Waals surface area contributed by atoms with Crippen molar-refractivity contribution in [3.05, 3.63) is 71.5 Å². The lowest BCUT2D eigenvalue weighted by Gasteiger charge is -2.18. The molecule has 240 valence electrons. The van der Waals surface area contributed by atoms with E-state index in [0.29, 0.717) is 25.4 Å². The molecule has 3 amide bonds. The van der Waals surface area contributed by atoms with Crippen molar-refractivity contribution in [1.29, 1.82) is 0 Å². The van der Waals surface area contributed by atoms with Crippen molar-refractivity contribution < 1.29 is 39.3 Å². The number of fused-ring (bicyclic) bond motifs is 1. The molecule has 1 aliphatic rings. The van der Waals surface area contributed by atoms with Crippen LogP contribution in [0.15, 0.2) is 60.3 Å². The fraction of sp³-hybridized carbons (Fsp3) is 0.452. The molecule has 0 heterocycles. The van der Waals surface area contributed by atoms with Crippen LogP contribution in [0.3, 0.4) is 0 Å². The Hall–Kier alpha value is -4.65. The van der Waals surface area contributed by atoms with Crippen molar-refractivity contribution in [1.82, 2.24) is 21.3 Å². The summed E-state index contributed by atoms with van der Waals surface area (Å²) in [5.74, 6) is -4.08. The van der Waals surface area contributed by atoms with Gasteiger partial charge in [0.25, 0.3) is 0 Å². The number of carbonyl (C=O) groups excluding carboxylic acids is 2. The molecular formula is C31H43N5O8. The van der Waals surface area contributed by atoms with Crippen LogP contribution in [0.1, 0.15) is 62.0 Å². The van der Waals surface area contributed by atoms with Gasteiger partial charge < -0.3 is 42.3 Å². The van der Waals surface area contributed by atoms with Crippen LogP contribution in [0.5, 0.6) is 0 Å². The van der Waals surface area contributed by atoms with E-state index in [-0.39, 0.29) is 25.2 Å². The van der Waals surface area contributed by atoms with Gasteiger partial charge in [0.05, 0.1) is 0 Å². The SMILES string of the molecule is N\C=C/C=C\C(=C\[C@H]1CCc2ccccc21)CNCCCCNC(=O)CC[C@H](NC(=O)N[C@@H](CCC(=O)O)C(=O)O)C(=O)O. The van der Waals surface area contributed by atoms with Gasteiger partial charge in [-0.25, -0.2) is 14.4 Å². The Bertz CT molecular complexity index is 1230. The lowest BCUT2D eigenvalue weighted by molar-refractivity contribution is -0.141. The highest BCUT2D eigenvalue weighted by atomic mass is 16.4. The molecule has 0 fully saturated rings. The number of rotatable bonds is 20. The number of carboxylic acids is 3. The van der Waals surface area contributed by atoms with Crippen LogP contribution in [-0.4, -0.2) is 76.9 Å². The summed E-state index contributed by atoms with van der Waals surface area (Å²) in [6.07, 6.45) is 11.9. The van der Waals surface area contributed by atoms with Gasteiger partial charge in [-0.3, -0.25) is 9.59 Å². The second-order valence-corrected chi connectivity index (χ2v) is 10.4. The average molecular weight is 614 g/mol. The predicted octanol–water partition coefficient (Wildman–Crippen LogP) is 2.01. The van der Waals surface area contributed by atoms with Gasteiger partial charge >= 0.3 is 23.9 Å². The second-order valence-electron chi connectivity index (χ2n) is 10.4. The fourth-order valence-corrected chi connectivity index (χ4v) is 4.78. The topological polar surface area (TPSA) is 220 Å². The molecule has 0 radical (unpaired) electrons. The maximum Gasteiger partial charge on any atom is 0.326 e. The highest BCUT2D eigenvalue weighted by Crippen LogP contribution is 2.34. The highest BCUT2D eigenvalue weighted by molar-refractivity contribution is 5.86. The maximum atomic E-state index is 12.2. The van der Waals surface area contributed by atoms with Crippen molar-refractivity contribution in [2.24, 2.45) is 5.73 Å². The Morgan fingerprint density at radius 1 is 0.909 bits per heavy atom. The van der Waals surface area contributed by atoms with Gasteiger partial charge in [0.1, 0.15) is 12.1 Å². The van der Waals surface area contributed by atoms with E-state index in [9.17, 15) is 29.1 Å². The van der Waals surface area contributed by atoms with Gasteiger partial charge in [0.15, 0.2) is 0 Å². The lowest BCUT2D eigenvalue weighted by Crippen LogP contribution is -2.51. The van der Waals surface area contributed by atoms with Crippen molar-refractivity contribution in [3.63, 3.8) is 0 Å². The summed E-state index contributed by atoms with van der Waals surface area (Å²) in [6, 6.07) is 4.49. The Morgan fingerprint density at radius 3 is 2.23 bits per heavy atom. The third-order valence-corrected chi connectivity index (χ3v) is 7.07. The van der Waals surface area contributed by atoms with Gasteiger partial charge in [-0.15, -0.1) is 0 Å². The minimum Gasteiger partial charge on any atom is -0.481 e. The first-order chi connectivity index (χ1) is 21.1. The minimum atomic E-state index is -1.50. The summed E-state index contributed by atoms with van der Waals surface area (Å²) in [6.45, 7) is 1.82. The van der Waals surface area contributed by atoms with E-state index in [2.05, 4.69) is 46.3 Å². The van der Waals surface area contributed by atoms with Gasteiger partial charge in [-0.2, -0.15) is 0 Å². The molecule has 3 atom stereocenters. The number of nitrogens with two attached hydrogens (primary N) is 1. The van der Waals surface area contributed by atoms with Gasteiger partial charge in [-0.1, -0.05) is 42.5 Å². The number of aliphatic carboxylic acids is 3. The van der Waals surface area contributed by atoms with E-state index in [1.165, 1.54) is 17.3 Å². The molecule has 13 nitrogen and oxygen atoms in total. The number of unbranched alkanes of at least 4 members (excludes halogenated alkanes) is 1. The van der Waals surface area contributed by atoms with Crippen LogP contribution in [0, 0.1) is 0 Å². The molecular weight excluding hydrogens is 570 g/mol. The number of carboxylic acid groups (broad SMARTS) is 3. The zero-order chi connectivity index (χ0) is 32.3. The summed E-state index contributed by atoms with van der Waals surface area (Å²) in [5.41, 5.74) is 9.39. The zero-order valence-corrected chi connectivity index (χ0v) is 24.7. The molecule has 0 saturated heterocycles. The number of amides is 3. The Morgan fingerprint density at radius 2 is 1.57 bits per heavy atom. The second kappa shape index (κ2) is 19.5. The smallest absolute Gasteiger partial charge is 0.326 e.